The molecule has 3 heterocycles. The fourth-order valence-electron chi connectivity index (χ4n) is 1.98. The van der Waals surface area contributed by atoms with Gasteiger partial charge in [0.05, 0.1) is 5.75 Å². The van der Waals surface area contributed by atoms with E-state index in [2.05, 4.69) is 15.3 Å². The summed E-state index contributed by atoms with van der Waals surface area (Å²) in [5.74, 6) is 1.44. The molecule has 0 bridgehead atoms. The predicted molar refractivity (Wildman–Crippen MR) is 86.9 cm³/mol. The summed E-state index contributed by atoms with van der Waals surface area (Å²) >= 11 is 1.56. The molecule has 0 unspecified atom stereocenters. The van der Waals surface area contributed by atoms with Crippen molar-refractivity contribution in [2.24, 2.45) is 7.05 Å². The molecule has 3 aromatic heterocycles. The Labute approximate surface area is 137 Å². The standard InChI is InChI=1S/C16H16N4O2S/c1-20-8-7-18-16(20)23-11-13-4-5-14(22-13)15(21)19-10-12-3-2-6-17-9-12/h2-9H,10-11H2,1H3,(H,19,21). The van der Waals surface area contributed by atoms with Crippen molar-refractivity contribution >= 4 is 17.7 Å². The zero-order chi connectivity index (χ0) is 16.1. The average Bonchev–Trinajstić information content (AvgIpc) is 3.20. The van der Waals surface area contributed by atoms with Crippen LogP contribution in [0.2, 0.25) is 0 Å². The molecule has 3 aromatic rings. The maximum atomic E-state index is 12.1. The highest BCUT2D eigenvalue weighted by molar-refractivity contribution is 7.98. The molecule has 7 heteroatoms. The predicted octanol–water partition coefficient (Wildman–Crippen LogP) is 2.63. The second-order valence-corrected chi connectivity index (χ2v) is 5.86. The highest BCUT2D eigenvalue weighted by Crippen LogP contribution is 2.21. The Morgan fingerprint density at radius 1 is 1.35 bits per heavy atom. The third-order valence-corrected chi connectivity index (χ3v) is 4.26. The molecule has 1 N–H and O–H groups in total. The number of imidazole rings is 1. The molecule has 6 nitrogen and oxygen atoms in total. The van der Waals surface area contributed by atoms with Crippen molar-refractivity contribution in [2.75, 3.05) is 0 Å². The molecular weight excluding hydrogens is 312 g/mol. The van der Waals surface area contributed by atoms with Gasteiger partial charge < -0.3 is 14.3 Å². The minimum Gasteiger partial charge on any atom is -0.455 e. The van der Waals surface area contributed by atoms with Gasteiger partial charge in [-0.05, 0) is 23.8 Å². The van der Waals surface area contributed by atoms with Gasteiger partial charge in [-0.1, -0.05) is 17.8 Å². The number of hydrogen-bond donors (Lipinski definition) is 1. The molecule has 23 heavy (non-hydrogen) atoms. The van der Waals surface area contributed by atoms with Crippen LogP contribution in [0.1, 0.15) is 21.9 Å². The molecule has 3 rings (SSSR count). The third kappa shape index (κ3) is 4.01. The SMILES string of the molecule is Cn1ccnc1SCc1ccc(C(=O)NCc2cccnc2)o1. The number of carbonyl (C=O) groups excluding carboxylic acids is 1. The average molecular weight is 328 g/mol. The van der Waals surface area contributed by atoms with Crippen molar-refractivity contribution in [3.63, 3.8) is 0 Å². The van der Waals surface area contributed by atoms with Crippen molar-refractivity contribution in [2.45, 2.75) is 17.5 Å². The third-order valence-electron chi connectivity index (χ3n) is 3.18. The van der Waals surface area contributed by atoms with E-state index < -0.39 is 0 Å². The normalized spacial score (nSPS) is 10.7. The number of amides is 1. The van der Waals surface area contributed by atoms with Crippen LogP contribution in [0.3, 0.4) is 0 Å². The minimum absolute atomic E-state index is 0.234. The van der Waals surface area contributed by atoms with Crippen molar-refractivity contribution < 1.29 is 9.21 Å². The Balaban J connectivity index is 1.54. The lowest BCUT2D eigenvalue weighted by Crippen LogP contribution is -2.22. The number of thioether (sulfide) groups is 1. The lowest BCUT2D eigenvalue weighted by Gasteiger charge is -2.03. The summed E-state index contributed by atoms with van der Waals surface area (Å²) < 4.78 is 7.53. The van der Waals surface area contributed by atoms with Gasteiger partial charge in [-0.2, -0.15) is 0 Å². The fourth-order valence-corrected chi connectivity index (χ4v) is 2.80. The van der Waals surface area contributed by atoms with Crippen LogP contribution >= 0.6 is 11.8 Å². The van der Waals surface area contributed by atoms with Gasteiger partial charge in [-0.25, -0.2) is 4.98 Å². The molecule has 0 aliphatic heterocycles. The first-order valence-corrected chi connectivity index (χ1v) is 8.07. The summed E-state index contributed by atoms with van der Waals surface area (Å²) in [7, 11) is 1.94. The second-order valence-electron chi connectivity index (χ2n) is 4.92. The van der Waals surface area contributed by atoms with Gasteiger partial charge in [0.1, 0.15) is 5.76 Å². The van der Waals surface area contributed by atoms with Crippen LogP contribution in [0.25, 0.3) is 0 Å². The zero-order valence-corrected chi connectivity index (χ0v) is 13.4. The van der Waals surface area contributed by atoms with Gasteiger partial charge in [-0.15, -0.1) is 0 Å². The lowest BCUT2D eigenvalue weighted by molar-refractivity contribution is 0.0921. The van der Waals surface area contributed by atoms with Gasteiger partial charge in [0.15, 0.2) is 10.9 Å². The quantitative estimate of drug-likeness (QED) is 0.704. The highest BCUT2D eigenvalue weighted by atomic mass is 32.2. The summed E-state index contributed by atoms with van der Waals surface area (Å²) in [6.07, 6.45) is 7.06. The maximum absolute atomic E-state index is 12.1. The monoisotopic (exact) mass is 328 g/mol. The van der Waals surface area contributed by atoms with E-state index in [-0.39, 0.29) is 5.91 Å². The van der Waals surface area contributed by atoms with E-state index >= 15 is 0 Å². The molecule has 0 fully saturated rings. The number of aromatic nitrogens is 3. The molecule has 0 saturated carbocycles. The van der Waals surface area contributed by atoms with Gasteiger partial charge >= 0.3 is 0 Å². The van der Waals surface area contributed by atoms with Crippen LogP contribution in [0.4, 0.5) is 0 Å². The van der Waals surface area contributed by atoms with Crippen molar-refractivity contribution in [1.29, 1.82) is 0 Å². The molecular formula is C16H16N4O2S. The number of carbonyl (C=O) groups is 1. The fraction of sp³-hybridized carbons (Fsp3) is 0.188. The van der Waals surface area contributed by atoms with Crippen molar-refractivity contribution in [3.8, 4) is 0 Å². The Morgan fingerprint density at radius 3 is 3.00 bits per heavy atom. The molecule has 0 aromatic carbocycles. The molecule has 0 saturated heterocycles. The first-order valence-electron chi connectivity index (χ1n) is 7.08. The smallest absolute Gasteiger partial charge is 0.287 e. The summed E-state index contributed by atoms with van der Waals surface area (Å²) in [5.41, 5.74) is 0.943. The first-order chi connectivity index (χ1) is 11.2. The van der Waals surface area contributed by atoms with Gasteiger partial charge in [-0.3, -0.25) is 9.78 Å². The molecule has 0 atom stereocenters. The lowest BCUT2D eigenvalue weighted by atomic mass is 10.3. The molecule has 0 aliphatic rings. The molecule has 118 valence electrons. The van der Waals surface area contributed by atoms with E-state index in [0.29, 0.717) is 18.1 Å². The molecule has 0 spiro atoms. The largest absolute Gasteiger partial charge is 0.455 e. The summed E-state index contributed by atoms with van der Waals surface area (Å²) in [6, 6.07) is 7.24. The molecule has 0 radical (unpaired) electrons. The molecule has 0 aliphatic carbocycles. The van der Waals surface area contributed by atoms with Crippen LogP contribution in [0.5, 0.6) is 0 Å². The number of rotatable bonds is 6. The van der Waals surface area contributed by atoms with E-state index in [1.165, 1.54) is 0 Å². The number of aryl methyl sites for hydroxylation is 1. The van der Waals surface area contributed by atoms with E-state index in [1.807, 2.05) is 36.0 Å². The topological polar surface area (TPSA) is 73.0 Å². The van der Waals surface area contributed by atoms with E-state index in [4.69, 9.17) is 4.42 Å². The Morgan fingerprint density at radius 2 is 2.26 bits per heavy atom. The number of furan rings is 1. The van der Waals surface area contributed by atoms with Crippen LogP contribution in [0, 0.1) is 0 Å². The second kappa shape index (κ2) is 7.15. The summed E-state index contributed by atoms with van der Waals surface area (Å²) in [4.78, 5) is 20.3. The maximum Gasteiger partial charge on any atom is 0.287 e. The van der Waals surface area contributed by atoms with Gasteiger partial charge in [0.25, 0.3) is 5.91 Å². The first kappa shape index (κ1) is 15.4. The number of pyridine rings is 1. The Hall–Kier alpha value is -2.54. The summed E-state index contributed by atoms with van der Waals surface area (Å²) in [6.45, 7) is 0.421. The van der Waals surface area contributed by atoms with Crippen LogP contribution < -0.4 is 5.32 Å². The van der Waals surface area contributed by atoms with Crippen molar-refractivity contribution in [3.05, 3.63) is 66.1 Å². The highest BCUT2D eigenvalue weighted by Gasteiger charge is 2.11. The van der Waals surface area contributed by atoms with Gasteiger partial charge in [0, 0.05) is 38.4 Å². The summed E-state index contributed by atoms with van der Waals surface area (Å²) in [5, 5.41) is 3.72. The van der Waals surface area contributed by atoms with Crippen LogP contribution in [-0.4, -0.2) is 20.4 Å². The van der Waals surface area contributed by atoms with E-state index in [0.717, 1.165) is 16.5 Å². The Kier molecular flexibility index (Phi) is 4.77. The number of nitrogens with zero attached hydrogens (tertiary/aromatic N) is 3. The minimum atomic E-state index is -0.234. The Bertz CT molecular complexity index is 782. The van der Waals surface area contributed by atoms with E-state index in [1.54, 1.807) is 36.4 Å². The van der Waals surface area contributed by atoms with E-state index in [9.17, 15) is 4.79 Å². The van der Waals surface area contributed by atoms with Crippen LogP contribution in [-0.2, 0) is 19.3 Å². The number of nitrogens with one attached hydrogen (secondary N) is 1. The van der Waals surface area contributed by atoms with Gasteiger partial charge in [0.2, 0.25) is 0 Å². The van der Waals surface area contributed by atoms with Crippen molar-refractivity contribution in [1.82, 2.24) is 19.9 Å². The van der Waals surface area contributed by atoms with Crippen LogP contribution in [0.15, 0.2) is 58.6 Å². The zero-order valence-electron chi connectivity index (χ0n) is 12.6. The number of hydrogen-bond acceptors (Lipinski definition) is 5. The molecule has 1 amide bonds.